The molecule has 0 saturated heterocycles. The summed E-state index contributed by atoms with van der Waals surface area (Å²) in [7, 11) is 0. The summed E-state index contributed by atoms with van der Waals surface area (Å²) in [5.41, 5.74) is 5.80. The number of hydrogen-bond donors (Lipinski definition) is 3. The molecule has 0 radical (unpaired) electrons. The van der Waals surface area contributed by atoms with Crippen molar-refractivity contribution in [2.75, 3.05) is 13.2 Å². The lowest BCUT2D eigenvalue weighted by Gasteiger charge is -2.21. The molecular formula is C16H23NO3. The van der Waals surface area contributed by atoms with Crippen LogP contribution in [0.25, 0.3) is 0 Å². The van der Waals surface area contributed by atoms with Crippen LogP contribution in [0.5, 0.6) is 5.75 Å². The van der Waals surface area contributed by atoms with Gasteiger partial charge in [0, 0.05) is 18.2 Å². The maximum Gasteiger partial charge on any atom is 0.128 e. The second-order valence-electron chi connectivity index (χ2n) is 5.48. The van der Waals surface area contributed by atoms with E-state index >= 15 is 0 Å². The van der Waals surface area contributed by atoms with E-state index in [2.05, 4.69) is 12.1 Å². The van der Waals surface area contributed by atoms with E-state index in [1.54, 1.807) is 12.1 Å². The Morgan fingerprint density at radius 1 is 1.30 bits per heavy atom. The largest absolute Gasteiger partial charge is 0.493 e. The van der Waals surface area contributed by atoms with Crippen LogP contribution < -0.4 is 10.5 Å². The van der Waals surface area contributed by atoms with E-state index in [0.29, 0.717) is 23.8 Å². The molecule has 1 saturated carbocycles. The Morgan fingerprint density at radius 3 is 2.75 bits per heavy atom. The number of hydrogen-bond acceptors (Lipinski definition) is 4. The van der Waals surface area contributed by atoms with Crippen molar-refractivity contribution in [3.63, 3.8) is 0 Å². The van der Waals surface area contributed by atoms with E-state index in [4.69, 9.17) is 10.5 Å². The van der Waals surface area contributed by atoms with E-state index < -0.39 is 12.2 Å². The van der Waals surface area contributed by atoms with Crippen molar-refractivity contribution < 1.29 is 14.9 Å². The average molecular weight is 277 g/mol. The van der Waals surface area contributed by atoms with Crippen molar-refractivity contribution in [3.8, 4) is 5.75 Å². The quantitative estimate of drug-likeness (QED) is 0.738. The molecule has 0 bridgehead atoms. The number of rotatable bonds is 6. The molecule has 1 aromatic carbocycles. The lowest BCUT2D eigenvalue weighted by Crippen LogP contribution is -2.27. The Bertz CT molecular complexity index is 404. The first kappa shape index (κ1) is 15.1. The Morgan fingerprint density at radius 2 is 2.05 bits per heavy atom. The Balaban J connectivity index is 1.91. The minimum absolute atomic E-state index is 0.00215. The molecule has 1 aliphatic rings. The van der Waals surface area contributed by atoms with Gasteiger partial charge < -0.3 is 20.7 Å². The fourth-order valence-corrected chi connectivity index (χ4v) is 2.57. The van der Waals surface area contributed by atoms with E-state index in [1.165, 1.54) is 32.1 Å². The van der Waals surface area contributed by atoms with Crippen molar-refractivity contribution in [1.29, 1.82) is 0 Å². The van der Waals surface area contributed by atoms with E-state index in [1.807, 2.05) is 0 Å². The predicted molar refractivity (Wildman–Crippen MR) is 76.2 cm³/mol. The van der Waals surface area contributed by atoms with Crippen LogP contribution in [0.4, 0.5) is 0 Å². The van der Waals surface area contributed by atoms with Crippen molar-refractivity contribution in [2.45, 2.75) is 44.3 Å². The summed E-state index contributed by atoms with van der Waals surface area (Å²) in [6.07, 6.45) is 4.32. The van der Waals surface area contributed by atoms with Crippen molar-refractivity contribution in [2.24, 2.45) is 11.7 Å². The molecule has 2 atom stereocenters. The molecule has 1 aromatic rings. The standard InChI is InChI=1S/C16H23NO3/c17-10-15(18)16(19)13-7-4-8-14(9-13)20-11-12-5-2-1-3-6-12/h8-9,12,15-16,18-19H,1-3,5-6,10-11,17H2/t15-,16-/m1/s1. The normalized spacial score (nSPS) is 19.1. The molecule has 110 valence electrons. The monoisotopic (exact) mass is 277 g/mol. The molecular weight excluding hydrogens is 254 g/mol. The van der Waals surface area contributed by atoms with E-state index in [9.17, 15) is 10.2 Å². The molecule has 0 aliphatic heterocycles. The SMILES string of the molecule is NC[C@@H](O)[C@H](O)c1c#ccc(OCC2CCCCC2)c1. The Labute approximate surface area is 120 Å². The van der Waals surface area contributed by atoms with Crippen molar-refractivity contribution in [3.05, 3.63) is 29.8 Å². The molecule has 0 heterocycles. The number of aliphatic hydroxyl groups is 2. The summed E-state index contributed by atoms with van der Waals surface area (Å²) in [6, 6.07) is 9.01. The molecule has 1 aliphatic carbocycles. The summed E-state index contributed by atoms with van der Waals surface area (Å²) in [6.45, 7) is 0.703. The van der Waals surface area contributed by atoms with Gasteiger partial charge >= 0.3 is 0 Å². The highest BCUT2D eigenvalue weighted by Gasteiger charge is 2.18. The maximum absolute atomic E-state index is 9.89. The molecule has 4 nitrogen and oxygen atoms in total. The van der Waals surface area contributed by atoms with Crippen LogP contribution in [-0.4, -0.2) is 29.5 Å². The van der Waals surface area contributed by atoms with Crippen LogP contribution in [-0.2, 0) is 0 Å². The number of aliphatic hydroxyl groups excluding tert-OH is 2. The van der Waals surface area contributed by atoms with Gasteiger partial charge in [-0.05, 0) is 24.8 Å². The molecule has 0 amide bonds. The van der Waals surface area contributed by atoms with Gasteiger partial charge in [0.2, 0.25) is 0 Å². The lowest BCUT2D eigenvalue weighted by atomic mass is 9.90. The minimum Gasteiger partial charge on any atom is -0.493 e. The number of nitrogens with two attached hydrogens (primary N) is 1. The zero-order valence-corrected chi connectivity index (χ0v) is 11.7. The van der Waals surface area contributed by atoms with Gasteiger partial charge in [-0.3, -0.25) is 0 Å². The molecule has 1 fully saturated rings. The fraction of sp³-hybridized carbons (Fsp3) is 0.625. The Kier molecular flexibility index (Phi) is 5.66. The highest BCUT2D eigenvalue weighted by Crippen LogP contribution is 2.25. The first-order valence-electron chi connectivity index (χ1n) is 7.33. The van der Waals surface area contributed by atoms with Gasteiger partial charge in [0.25, 0.3) is 0 Å². The molecule has 2 rings (SSSR count). The van der Waals surface area contributed by atoms with Gasteiger partial charge in [0.15, 0.2) is 0 Å². The van der Waals surface area contributed by atoms with Gasteiger partial charge in [-0.1, -0.05) is 31.4 Å². The smallest absolute Gasteiger partial charge is 0.128 e. The first-order valence-corrected chi connectivity index (χ1v) is 7.33. The van der Waals surface area contributed by atoms with Gasteiger partial charge in [-0.2, -0.15) is 0 Å². The highest BCUT2D eigenvalue weighted by atomic mass is 16.5. The topological polar surface area (TPSA) is 75.7 Å². The third-order valence-electron chi connectivity index (χ3n) is 3.86. The summed E-state index contributed by atoms with van der Waals surface area (Å²) in [5.74, 6) is 1.28. The minimum atomic E-state index is -1.05. The zero-order chi connectivity index (χ0) is 14.4. The molecule has 4 N–H and O–H groups in total. The van der Waals surface area contributed by atoms with Gasteiger partial charge in [0.1, 0.15) is 11.9 Å². The molecule has 20 heavy (non-hydrogen) atoms. The Hall–Kier alpha value is -1.28. The molecule has 4 heteroatoms. The average Bonchev–Trinajstić information content (AvgIpc) is 2.52. The van der Waals surface area contributed by atoms with Crippen LogP contribution in [0.2, 0.25) is 0 Å². The van der Waals surface area contributed by atoms with Crippen LogP contribution in [0.1, 0.15) is 43.8 Å². The third kappa shape index (κ3) is 4.11. The van der Waals surface area contributed by atoms with Crippen LogP contribution >= 0.6 is 0 Å². The van der Waals surface area contributed by atoms with Crippen LogP contribution in [0.15, 0.2) is 12.1 Å². The maximum atomic E-state index is 9.89. The fourth-order valence-electron chi connectivity index (χ4n) is 2.57. The van der Waals surface area contributed by atoms with Gasteiger partial charge in [-0.25, -0.2) is 0 Å². The van der Waals surface area contributed by atoms with Crippen molar-refractivity contribution in [1.82, 2.24) is 0 Å². The second-order valence-corrected chi connectivity index (χ2v) is 5.48. The van der Waals surface area contributed by atoms with E-state index in [-0.39, 0.29) is 6.54 Å². The summed E-state index contributed by atoms with van der Waals surface area (Å²) < 4.78 is 5.77. The summed E-state index contributed by atoms with van der Waals surface area (Å²) in [4.78, 5) is 0. The molecule has 0 spiro atoms. The van der Waals surface area contributed by atoms with E-state index in [0.717, 1.165) is 0 Å². The molecule has 0 unspecified atom stereocenters. The zero-order valence-electron chi connectivity index (χ0n) is 11.7. The van der Waals surface area contributed by atoms with Crippen molar-refractivity contribution >= 4 is 0 Å². The summed E-state index contributed by atoms with van der Waals surface area (Å²) >= 11 is 0. The molecule has 0 aromatic heterocycles. The van der Waals surface area contributed by atoms with Crippen LogP contribution in [0.3, 0.4) is 0 Å². The highest BCUT2D eigenvalue weighted by molar-refractivity contribution is 5.26. The third-order valence-corrected chi connectivity index (χ3v) is 3.86. The number of ether oxygens (including phenoxy) is 1. The lowest BCUT2D eigenvalue weighted by molar-refractivity contribution is 0.0242. The van der Waals surface area contributed by atoms with Gasteiger partial charge in [0.05, 0.1) is 12.7 Å². The first-order chi connectivity index (χ1) is 9.70. The second kappa shape index (κ2) is 7.49. The van der Waals surface area contributed by atoms with Crippen LogP contribution in [0, 0.1) is 18.1 Å². The van der Waals surface area contributed by atoms with Gasteiger partial charge in [-0.15, -0.1) is 0 Å². The predicted octanol–water partition coefficient (Wildman–Crippen LogP) is 1.60. The summed E-state index contributed by atoms with van der Waals surface area (Å²) in [5, 5.41) is 19.4.